The van der Waals surface area contributed by atoms with E-state index in [9.17, 15) is 4.39 Å². The Labute approximate surface area is 156 Å². The predicted molar refractivity (Wildman–Crippen MR) is 103 cm³/mol. The Hall–Kier alpha value is -2.03. The van der Waals surface area contributed by atoms with Crippen molar-refractivity contribution >= 4 is 21.4 Å². The number of rotatable bonds is 5. The molecule has 3 aromatic rings. The van der Waals surface area contributed by atoms with Crippen LogP contribution in [0.1, 0.15) is 6.92 Å². The molecule has 1 aromatic carbocycles. The van der Waals surface area contributed by atoms with Gasteiger partial charge in [-0.2, -0.15) is 0 Å². The minimum absolute atomic E-state index is 0.242. The number of fused-ring (bicyclic) bond motifs is 1. The van der Waals surface area contributed by atoms with Crippen LogP contribution in [0.5, 0.6) is 0 Å². The lowest BCUT2D eigenvalue weighted by Gasteiger charge is -2.33. The molecule has 4 rings (SSSR count). The molecule has 0 saturated carbocycles. The summed E-state index contributed by atoms with van der Waals surface area (Å²) >= 11 is 1.54. The van der Waals surface area contributed by atoms with Gasteiger partial charge in [-0.15, -0.1) is 5.10 Å². The number of piperazine rings is 1. The number of likely N-dealkylation sites (N-methyl/N-ethyl adjacent to an activating group) is 1. The fraction of sp³-hybridized carbons (Fsp3) is 0.444. The fourth-order valence-electron chi connectivity index (χ4n) is 3.19. The standard InChI is InChI=1S/C18H23FN6S/c1-13(11-24-9-7-23(2)8-10-24)20-17-22-25-12-16(21-18(25)26-17)14-3-5-15(19)6-4-14/h3-6,12-13H,7-11H2,1-2H3,(H,20,22). The summed E-state index contributed by atoms with van der Waals surface area (Å²) in [6.07, 6.45) is 1.88. The van der Waals surface area contributed by atoms with Crippen LogP contribution in [0.3, 0.4) is 0 Å². The number of hydrogen-bond donors (Lipinski definition) is 1. The Morgan fingerprint density at radius 3 is 2.62 bits per heavy atom. The molecule has 1 atom stereocenters. The Morgan fingerprint density at radius 2 is 1.92 bits per heavy atom. The highest BCUT2D eigenvalue weighted by molar-refractivity contribution is 7.20. The molecule has 8 heteroatoms. The highest BCUT2D eigenvalue weighted by Crippen LogP contribution is 2.25. The SMILES string of the molecule is CC(CN1CCN(C)CC1)Nc1nn2cc(-c3ccc(F)cc3)nc2s1. The molecule has 3 heterocycles. The van der Waals surface area contributed by atoms with Crippen molar-refractivity contribution < 1.29 is 4.39 Å². The monoisotopic (exact) mass is 374 g/mol. The lowest BCUT2D eigenvalue weighted by molar-refractivity contribution is 0.151. The van der Waals surface area contributed by atoms with E-state index in [1.54, 1.807) is 16.6 Å². The van der Waals surface area contributed by atoms with E-state index in [0.717, 1.165) is 54.1 Å². The van der Waals surface area contributed by atoms with Gasteiger partial charge in [-0.25, -0.2) is 13.9 Å². The number of imidazole rings is 1. The number of anilines is 1. The Morgan fingerprint density at radius 1 is 1.19 bits per heavy atom. The average molecular weight is 374 g/mol. The summed E-state index contributed by atoms with van der Waals surface area (Å²) in [6, 6.07) is 6.69. The molecule has 0 spiro atoms. The molecule has 2 aromatic heterocycles. The first kappa shape index (κ1) is 17.4. The molecule has 1 aliphatic rings. The predicted octanol–water partition coefficient (Wildman–Crippen LogP) is 2.64. The third kappa shape index (κ3) is 3.87. The van der Waals surface area contributed by atoms with E-state index >= 15 is 0 Å². The summed E-state index contributed by atoms with van der Waals surface area (Å²) in [5, 5.41) is 8.94. The summed E-state index contributed by atoms with van der Waals surface area (Å²) < 4.78 is 14.8. The van der Waals surface area contributed by atoms with Crippen molar-refractivity contribution in [3.05, 3.63) is 36.3 Å². The fourth-order valence-corrected chi connectivity index (χ4v) is 4.09. The maximum absolute atomic E-state index is 13.1. The number of halogens is 1. The van der Waals surface area contributed by atoms with Crippen LogP contribution in [-0.2, 0) is 0 Å². The Balaban J connectivity index is 1.40. The van der Waals surface area contributed by atoms with Gasteiger partial charge >= 0.3 is 0 Å². The first-order valence-electron chi connectivity index (χ1n) is 8.86. The van der Waals surface area contributed by atoms with Gasteiger partial charge in [-0.1, -0.05) is 11.3 Å². The zero-order chi connectivity index (χ0) is 18.1. The van der Waals surface area contributed by atoms with Crippen molar-refractivity contribution in [1.82, 2.24) is 24.4 Å². The second-order valence-corrected chi connectivity index (χ2v) is 7.87. The number of benzene rings is 1. The van der Waals surface area contributed by atoms with Crippen LogP contribution in [0.15, 0.2) is 30.5 Å². The quantitative estimate of drug-likeness (QED) is 0.744. The maximum Gasteiger partial charge on any atom is 0.214 e. The van der Waals surface area contributed by atoms with Crippen LogP contribution in [0.25, 0.3) is 16.2 Å². The van der Waals surface area contributed by atoms with Crippen LogP contribution in [0, 0.1) is 5.82 Å². The summed E-state index contributed by atoms with van der Waals surface area (Å²) in [5.41, 5.74) is 1.70. The van der Waals surface area contributed by atoms with Gasteiger partial charge in [0.15, 0.2) is 0 Å². The van der Waals surface area contributed by atoms with Crippen LogP contribution in [0.4, 0.5) is 9.52 Å². The molecule has 6 nitrogen and oxygen atoms in total. The smallest absolute Gasteiger partial charge is 0.214 e. The first-order chi connectivity index (χ1) is 12.6. The van der Waals surface area contributed by atoms with Gasteiger partial charge in [0.2, 0.25) is 10.1 Å². The lowest BCUT2D eigenvalue weighted by Crippen LogP contribution is -2.47. The summed E-state index contributed by atoms with van der Waals surface area (Å²) in [4.78, 5) is 10.3. The second kappa shape index (κ2) is 7.30. The minimum Gasteiger partial charge on any atom is -0.356 e. The minimum atomic E-state index is -0.242. The van der Waals surface area contributed by atoms with Crippen LogP contribution in [0.2, 0.25) is 0 Å². The van der Waals surface area contributed by atoms with Crippen molar-refractivity contribution in [3.8, 4) is 11.3 Å². The summed E-state index contributed by atoms with van der Waals surface area (Å²) in [6.45, 7) is 7.69. The van der Waals surface area contributed by atoms with E-state index < -0.39 is 0 Å². The van der Waals surface area contributed by atoms with Crippen molar-refractivity contribution in [2.24, 2.45) is 0 Å². The van der Waals surface area contributed by atoms with Crippen LogP contribution < -0.4 is 5.32 Å². The van der Waals surface area contributed by atoms with Crippen molar-refractivity contribution in [2.45, 2.75) is 13.0 Å². The molecule has 0 amide bonds. The molecule has 1 unspecified atom stereocenters. The third-order valence-corrected chi connectivity index (χ3v) is 5.53. The van der Waals surface area contributed by atoms with Gasteiger partial charge in [0, 0.05) is 44.3 Å². The molecular formula is C18H23FN6S. The zero-order valence-corrected chi connectivity index (χ0v) is 15.8. The van der Waals surface area contributed by atoms with Gasteiger partial charge in [-0.3, -0.25) is 4.90 Å². The summed E-state index contributed by atoms with van der Waals surface area (Å²) in [5.74, 6) is -0.242. The second-order valence-electron chi connectivity index (χ2n) is 6.92. The normalized spacial score (nSPS) is 17.7. The van der Waals surface area contributed by atoms with Crippen LogP contribution in [-0.4, -0.2) is 70.2 Å². The third-order valence-electron chi connectivity index (χ3n) is 4.68. The zero-order valence-electron chi connectivity index (χ0n) is 15.0. The van der Waals surface area contributed by atoms with Gasteiger partial charge < -0.3 is 10.2 Å². The number of hydrogen-bond acceptors (Lipinski definition) is 6. The Bertz CT molecular complexity index is 834. The van der Waals surface area contributed by atoms with Gasteiger partial charge in [0.1, 0.15) is 5.82 Å². The average Bonchev–Trinajstić information content (AvgIpc) is 3.16. The van der Waals surface area contributed by atoms with Gasteiger partial charge in [0.05, 0.1) is 11.9 Å². The van der Waals surface area contributed by atoms with E-state index in [0.29, 0.717) is 6.04 Å². The topological polar surface area (TPSA) is 48.7 Å². The molecule has 26 heavy (non-hydrogen) atoms. The van der Waals surface area contributed by atoms with E-state index in [2.05, 4.69) is 39.2 Å². The Kier molecular flexibility index (Phi) is 4.88. The van der Waals surface area contributed by atoms with E-state index in [1.165, 1.54) is 23.5 Å². The highest BCUT2D eigenvalue weighted by Gasteiger charge is 2.17. The van der Waals surface area contributed by atoms with E-state index in [-0.39, 0.29) is 5.82 Å². The number of nitrogens with one attached hydrogen (secondary N) is 1. The van der Waals surface area contributed by atoms with E-state index in [1.807, 2.05) is 6.20 Å². The lowest BCUT2D eigenvalue weighted by atomic mass is 10.2. The number of aromatic nitrogens is 3. The van der Waals surface area contributed by atoms with Gasteiger partial charge in [0.25, 0.3) is 0 Å². The molecular weight excluding hydrogens is 351 g/mol. The number of nitrogens with zero attached hydrogens (tertiary/aromatic N) is 5. The highest BCUT2D eigenvalue weighted by atomic mass is 32.1. The molecule has 138 valence electrons. The van der Waals surface area contributed by atoms with Crippen molar-refractivity contribution in [2.75, 3.05) is 45.1 Å². The van der Waals surface area contributed by atoms with E-state index in [4.69, 9.17) is 0 Å². The molecule has 0 aliphatic carbocycles. The van der Waals surface area contributed by atoms with Crippen LogP contribution >= 0.6 is 11.3 Å². The maximum atomic E-state index is 13.1. The van der Waals surface area contributed by atoms with Crippen molar-refractivity contribution in [3.63, 3.8) is 0 Å². The van der Waals surface area contributed by atoms with Crippen molar-refractivity contribution in [1.29, 1.82) is 0 Å². The molecule has 1 saturated heterocycles. The summed E-state index contributed by atoms with van der Waals surface area (Å²) in [7, 11) is 2.17. The molecule has 1 aliphatic heterocycles. The molecule has 0 radical (unpaired) electrons. The molecule has 1 fully saturated rings. The van der Waals surface area contributed by atoms with Gasteiger partial charge in [-0.05, 0) is 38.2 Å². The first-order valence-corrected chi connectivity index (χ1v) is 9.68. The largest absolute Gasteiger partial charge is 0.356 e. The molecule has 0 bridgehead atoms. The molecule has 1 N–H and O–H groups in total.